The van der Waals surface area contributed by atoms with Crippen LogP contribution in [-0.4, -0.2) is 36.1 Å². The van der Waals surface area contributed by atoms with Gasteiger partial charge in [0.25, 0.3) is 0 Å². The minimum absolute atomic E-state index is 0.0124. The first-order valence-electron chi connectivity index (χ1n) is 6.08. The second-order valence-corrected chi connectivity index (χ2v) is 4.90. The van der Waals surface area contributed by atoms with Gasteiger partial charge in [0.2, 0.25) is 5.91 Å². The van der Waals surface area contributed by atoms with Gasteiger partial charge in [0.1, 0.15) is 0 Å². The van der Waals surface area contributed by atoms with E-state index in [9.17, 15) is 9.90 Å². The van der Waals surface area contributed by atoms with Crippen LogP contribution in [0.5, 0.6) is 0 Å². The second kappa shape index (κ2) is 4.88. The topological polar surface area (TPSA) is 40.5 Å². The zero-order valence-electron chi connectivity index (χ0n) is 10.2. The molecule has 1 aliphatic carbocycles. The summed E-state index contributed by atoms with van der Waals surface area (Å²) in [4.78, 5) is 13.8. The van der Waals surface area contributed by atoms with E-state index in [0.29, 0.717) is 6.54 Å². The first kappa shape index (κ1) is 12.1. The van der Waals surface area contributed by atoms with Gasteiger partial charge in [-0.15, -0.1) is 0 Å². The lowest BCUT2D eigenvalue weighted by atomic mass is 10.1. The minimum Gasteiger partial charge on any atom is -0.395 e. The van der Waals surface area contributed by atoms with E-state index in [0.717, 1.165) is 19.3 Å². The number of hydrogen-bond acceptors (Lipinski definition) is 2. The van der Waals surface area contributed by atoms with Crippen molar-refractivity contribution >= 4 is 5.91 Å². The molecule has 1 saturated carbocycles. The Kier molecular flexibility index (Phi) is 3.48. The van der Waals surface area contributed by atoms with Crippen LogP contribution in [0.3, 0.4) is 0 Å². The van der Waals surface area contributed by atoms with Crippen LogP contribution in [0.1, 0.15) is 18.4 Å². The fourth-order valence-electron chi connectivity index (χ4n) is 2.04. The summed E-state index contributed by atoms with van der Waals surface area (Å²) in [7, 11) is 1.82. The number of hydrogen-bond donors (Lipinski definition) is 1. The van der Waals surface area contributed by atoms with Crippen molar-refractivity contribution in [2.24, 2.45) is 5.41 Å². The summed E-state index contributed by atoms with van der Waals surface area (Å²) in [5, 5.41) is 9.21. The Labute approximate surface area is 102 Å². The van der Waals surface area contributed by atoms with Crippen molar-refractivity contribution in [3.63, 3.8) is 0 Å². The van der Waals surface area contributed by atoms with E-state index < -0.39 is 5.41 Å². The van der Waals surface area contributed by atoms with Crippen LogP contribution in [-0.2, 0) is 11.2 Å². The molecule has 1 aromatic carbocycles. The Bertz CT molecular complexity index is 384. The average Bonchev–Trinajstić information content (AvgIpc) is 3.17. The molecule has 17 heavy (non-hydrogen) atoms. The largest absolute Gasteiger partial charge is 0.395 e. The van der Waals surface area contributed by atoms with Crippen LogP contribution in [0.2, 0.25) is 0 Å². The molecule has 0 bridgehead atoms. The monoisotopic (exact) mass is 233 g/mol. The summed E-state index contributed by atoms with van der Waals surface area (Å²) in [6.07, 6.45) is 2.53. The molecule has 1 N–H and O–H groups in total. The predicted molar refractivity (Wildman–Crippen MR) is 66.5 cm³/mol. The van der Waals surface area contributed by atoms with E-state index >= 15 is 0 Å². The van der Waals surface area contributed by atoms with E-state index in [2.05, 4.69) is 12.1 Å². The number of likely N-dealkylation sites (N-methyl/N-ethyl adjacent to an activating group) is 1. The normalized spacial score (nSPS) is 16.6. The van der Waals surface area contributed by atoms with Crippen LogP contribution in [0.15, 0.2) is 30.3 Å². The van der Waals surface area contributed by atoms with Crippen LogP contribution >= 0.6 is 0 Å². The fourth-order valence-corrected chi connectivity index (χ4v) is 2.04. The third-order valence-corrected chi connectivity index (χ3v) is 3.54. The lowest BCUT2D eigenvalue weighted by molar-refractivity contribution is -0.137. The van der Waals surface area contributed by atoms with Crippen molar-refractivity contribution in [1.29, 1.82) is 0 Å². The van der Waals surface area contributed by atoms with Gasteiger partial charge in [0.05, 0.1) is 12.0 Å². The molecule has 3 heteroatoms. The van der Waals surface area contributed by atoms with Crippen molar-refractivity contribution in [3.05, 3.63) is 35.9 Å². The molecule has 0 atom stereocenters. The Hall–Kier alpha value is -1.35. The maximum absolute atomic E-state index is 12.0. The zero-order valence-corrected chi connectivity index (χ0v) is 10.2. The molecule has 0 saturated heterocycles. The molecular formula is C14H19NO2. The molecule has 1 aromatic rings. The highest BCUT2D eigenvalue weighted by molar-refractivity contribution is 5.85. The third kappa shape index (κ3) is 2.67. The standard InChI is InChI=1S/C14H19NO2/c1-15(13(17)14(11-16)8-9-14)10-7-12-5-3-2-4-6-12/h2-6,16H,7-11H2,1H3. The van der Waals surface area contributed by atoms with Crippen molar-refractivity contribution in [1.82, 2.24) is 4.90 Å². The van der Waals surface area contributed by atoms with E-state index in [4.69, 9.17) is 0 Å². The summed E-state index contributed by atoms with van der Waals surface area (Å²) < 4.78 is 0. The number of carbonyl (C=O) groups is 1. The quantitative estimate of drug-likeness (QED) is 0.836. The molecule has 0 spiro atoms. The number of carbonyl (C=O) groups excluding carboxylic acids is 1. The molecule has 0 unspecified atom stereocenters. The van der Waals surface area contributed by atoms with Gasteiger partial charge in [-0.2, -0.15) is 0 Å². The molecule has 1 fully saturated rings. The Balaban J connectivity index is 1.86. The molecule has 0 aliphatic heterocycles. The van der Waals surface area contributed by atoms with Gasteiger partial charge in [-0.25, -0.2) is 0 Å². The maximum Gasteiger partial charge on any atom is 0.230 e. The highest BCUT2D eigenvalue weighted by atomic mass is 16.3. The number of aliphatic hydroxyl groups excluding tert-OH is 1. The van der Waals surface area contributed by atoms with E-state index in [1.807, 2.05) is 25.2 Å². The highest BCUT2D eigenvalue weighted by Crippen LogP contribution is 2.46. The van der Waals surface area contributed by atoms with Crippen molar-refractivity contribution in [2.75, 3.05) is 20.2 Å². The summed E-state index contributed by atoms with van der Waals surface area (Å²) in [6.45, 7) is 0.701. The lowest BCUT2D eigenvalue weighted by Crippen LogP contribution is -2.37. The average molecular weight is 233 g/mol. The zero-order chi connectivity index (χ0) is 12.3. The van der Waals surface area contributed by atoms with Gasteiger partial charge < -0.3 is 10.0 Å². The summed E-state index contributed by atoms with van der Waals surface area (Å²) in [6, 6.07) is 10.1. The Morgan fingerprint density at radius 1 is 1.35 bits per heavy atom. The number of rotatable bonds is 5. The van der Waals surface area contributed by atoms with Gasteiger partial charge in [0.15, 0.2) is 0 Å². The van der Waals surface area contributed by atoms with E-state index in [1.54, 1.807) is 4.90 Å². The molecule has 1 amide bonds. The summed E-state index contributed by atoms with van der Waals surface area (Å²) in [5.41, 5.74) is 0.798. The molecule has 2 rings (SSSR count). The third-order valence-electron chi connectivity index (χ3n) is 3.54. The maximum atomic E-state index is 12.0. The van der Waals surface area contributed by atoms with Crippen LogP contribution in [0.25, 0.3) is 0 Å². The fraction of sp³-hybridized carbons (Fsp3) is 0.500. The molecule has 1 aliphatic rings. The van der Waals surface area contributed by atoms with Crippen LogP contribution in [0, 0.1) is 5.41 Å². The van der Waals surface area contributed by atoms with Gasteiger partial charge in [-0.05, 0) is 24.8 Å². The number of benzene rings is 1. The second-order valence-electron chi connectivity index (χ2n) is 4.90. The Morgan fingerprint density at radius 2 is 2.00 bits per heavy atom. The SMILES string of the molecule is CN(CCc1ccccc1)C(=O)C1(CO)CC1. The summed E-state index contributed by atoms with van der Waals surface area (Å²) >= 11 is 0. The minimum atomic E-state index is -0.439. The van der Waals surface area contributed by atoms with Crippen LogP contribution < -0.4 is 0 Å². The highest BCUT2D eigenvalue weighted by Gasteiger charge is 2.50. The first-order valence-corrected chi connectivity index (χ1v) is 6.08. The van der Waals surface area contributed by atoms with Gasteiger partial charge in [-0.3, -0.25) is 4.79 Å². The number of amides is 1. The van der Waals surface area contributed by atoms with Crippen molar-refractivity contribution in [3.8, 4) is 0 Å². The first-order chi connectivity index (χ1) is 8.18. The van der Waals surface area contributed by atoms with Gasteiger partial charge in [0, 0.05) is 13.6 Å². The molecule has 3 nitrogen and oxygen atoms in total. The van der Waals surface area contributed by atoms with E-state index in [-0.39, 0.29) is 12.5 Å². The lowest BCUT2D eigenvalue weighted by Gasteiger charge is -2.22. The van der Waals surface area contributed by atoms with Crippen LogP contribution in [0.4, 0.5) is 0 Å². The smallest absolute Gasteiger partial charge is 0.230 e. The van der Waals surface area contributed by atoms with Crippen molar-refractivity contribution < 1.29 is 9.90 Å². The van der Waals surface area contributed by atoms with Gasteiger partial charge in [-0.1, -0.05) is 30.3 Å². The molecular weight excluding hydrogens is 214 g/mol. The Morgan fingerprint density at radius 3 is 2.53 bits per heavy atom. The number of aliphatic hydroxyl groups is 1. The number of nitrogens with zero attached hydrogens (tertiary/aromatic N) is 1. The van der Waals surface area contributed by atoms with Gasteiger partial charge >= 0.3 is 0 Å². The van der Waals surface area contributed by atoms with Crippen molar-refractivity contribution in [2.45, 2.75) is 19.3 Å². The molecule has 0 heterocycles. The molecule has 92 valence electrons. The summed E-state index contributed by atoms with van der Waals surface area (Å²) in [5.74, 6) is 0.0935. The molecule has 0 aromatic heterocycles. The van der Waals surface area contributed by atoms with E-state index in [1.165, 1.54) is 5.56 Å². The predicted octanol–water partition coefficient (Wildman–Crippen LogP) is 1.46. The molecule has 0 radical (unpaired) electrons.